The van der Waals surface area contributed by atoms with Crippen LogP contribution in [-0.4, -0.2) is 13.1 Å². The molecule has 1 aromatic heterocycles. The zero-order valence-corrected chi connectivity index (χ0v) is 12.8. The van der Waals surface area contributed by atoms with Gasteiger partial charge in [0.1, 0.15) is 10.9 Å². The largest absolute Gasteiger partial charge is 0.378 e. The number of para-hydroxylation sites is 2. The third-order valence-corrected chi connectivity index (χ3v) is 4.82. The molecule has 3 nitrogen and oxygen atoms in total. The molecule has 0 aliphatic carbocycles. The van der Waals surface area contributed by atoms with Crippen molar-refractivity contribution >= 4 is 22.7 Å². The summed E-state index contributed by atoms with van der Waals surface area (Å²) >= 11 is 1.56. The van der Waals surface area contributed by atoms with Crippen LogP contribution in [0.25, 0.3) is 0 Å². The van der Waals surface area contributed by atoms with Gasteiger partial charge in [0, 0.05) is 24.5 Å². The maximum atomic E-state index is 8.88. The molecule has 1 N–H and O–H groups in total. The van der Waals surface area contributed by atoms with E-state index in [1.165, 1.54) is 35.5 Å². The maximum absolute atomic E-state index is 8.88. The van der Waals surface area contributed by atoms with Crippen molar-refractivity contribution in [1.82, 2.24) is 0 Å². The van der Waals surface area contributed by atoms with Crippen molar-refractivity contribution in [2.24, 2.45) is 0 Å². The number of thiophene rings is 1. The Hall–Kier alpha value is -1.99. The van der Waals surface area contributed by atoms with Gasteiger partial charge in [0.05, 0.1) is 11.4 Å². The average molecular weight is 297 g/mol. The van der Waals surface area contributed by atoms with Gasteiger partial charge < -0.3 is 10.2 Å². The third-order valence-electron chi connectivity index (χ3n) is 3.83. The lowest BCUT2D eigenvalue weighted by Crippen LogP contribution is -2.30. The minimum Gasteiger partial charge on any atom is -0.378 e. The fourth-order valence-corrected chi connectivity index (χ4v) is 3.49. The number of nitriles is 1. The summed E-state index contributed by atoms with van der Waals surface area (Å²) in [5, 5.41) is 12.4. The first kappa shape index (κ1) is 14.0. The number of nitrogens with zero attached hydrogens (tertiary/aromatic N) is 2. The van der Waals surface area contributed by atoms with Crippen LogP contribution in [0.15, 0.2) is 36.4 Å². The number of hydrogen-bond donors (Lipinski definition) is 1. The van der Waals surface area contributed by atoms with Gasteiger partial charge in [0.2, 0.25) is 0 Å². The van der Waals surface area contributed by atoms with E-state index >= 15 is 0 Å². The Kier molecular flexibility index (Phi) is 4.42. The molecule has 1 aromatic carbocycles. The van der Waals surface area contributed by atoms with Crippen LogP contribution in [-0.2, 0) is 6.54 Å². The monoisotopic (exact) mass is 297 g/mol. The lowest BCUT2D eigenvalue weighted by Gasteiger charge is -2.30. The summed E-state index contributed by atoms with van der Waals surface area (Å²) < 4.78 is 0. The van der Waals surface area contributed by atoms with E-state index < -0.39 is 0 Å². The highest BCUT2D eigenvalue weighted by Gasteiger charge is 2.14. The average Bonchev–Trinajstić information content (AvgIpc) is 3.02. The van der Waals surface area contributed by atoms with Crippen molar-refractivity contribution in [3.05, 3.63) is 46.2 Å². The Bertz CT molecular complexity index is 635. The molecule has 2 aromatic rings. The first-order valence-corrected chi connectivity index (χ1v) is 8.25. The molecule has 3 rings (SSSR count). The Labute approximate surface area is 129 Å². The van der Waals surface area contributed by atoms with Crippen molar-refractivity contribution in [1.29, 1.82) is 5.26 Å². The number of anilines is 2. The maximum Gasteiger partial charge on any atom is 0.110 e. The molecule has 1 aliphatic rings. The van der Waals surface area contributed by atoms with E-state index in [0.717, 1.165) is 24.5 Å². The van der Waals surface area contributed by atoms with Crippen molar-refractivity contribution in [3.8, 4) is 6.07 Å². The highest BCUT2D eigenvalue weighted by Crippen LogP contribution is 2.29. The number of piperidine rings is 1. The van der Waals surface area contributed by atoms with Gasteiger partial charge in [-0.05, 0) is 43.5 Å². The topological polar surface area (TPSA) is 39.1 Å². The molecular weight excluding hydrogens is 278 g/mol. The summed E-state index contributed by atoms with van der Waals surface area (Å²) in [7, 11) is 0. The second kappa shape index (κ2) is 6.64. The summed E-state index contributed by atoms with van der Waals surface area (Å²) in [4.78, 5) is 4.44. The molecule has 2 heterocycles. The van der Waals surface area contributed by atoms with Crippen LogP contribution in [0.5, 0.6) is 0 Å². The first-order chi connectivity index (χ1) is 10.4. The third kappa shape index (κ3) is 3.37. The van der Waals surface area contributed by atoms with Gasteiger partial charge in [0.15, 0.2) is 0 Å². The number of benzene rings is 1. The van der Waals surface area contributed by atoms with Crippen molar-refractivity contribution in [2.45, 2.75) is 25.8 Å². The fourth-order valence-electron chi connectivity index (χ4n) is 2.75. The van der Waals surface area contributed by atoms with Crippen molar-refractivity contribution in [2.75, 3.05) is 23.3 Å². The molecule has 0 amide bonds. The van der Waals surface area contributed by atoms with Crippen molar-refractivity contribution in [3.63, 3.8) is 0 Å². The zero-order valence-electron chi connectivity index (χ0n) is 12.0. The lowest BCUT2D eigenvalue weighted by atomic mass is 10.1. The fraction of sp³-hybridized carbons (Fsp3) is 0.353. The molecule has 1 saturated heterocycles. The second-order valence-corrected chi connectivity index (χ2v) is 6.46. The normalized spacial score (nSPS) is 14.7. The molecule has 0 spiro atoms. The van der Waals surface area contributed by atoms with Gasteiger partial charge in [-0.25, -0.2) is 0 Å². The molecule has 108 valence electrons. The van der Waals surface area contributed by atoms with Gasteiger partial charge in [-0.3, -0.25) is 0 Å². The SMILES string of the molecule is N#Cc1ccc(CNc2ccccc2N2CCCCC2)s1. The van der Waals surface area contributed by atoms with Gasteiger partial charge >= 0.3 is 0 Å². The summed E-state index contributed by atoms with van der Waals surface area (Å²) in [6, 6.07) is 14.6. The number of hydrogen-bond acceptors (Lipinski definition) is 4. The quantitative estimate of drug-likeness (QED) is 0.918. The molecule has 0 bridgehead atoms. The summed E-state index contributed by atoms with van der Waals surface area (Å²) in [6.07, 6.45) is 3.91. The smallest absolute Gasteiger partial charge is 0.110 e. The van der Waals surface area contributed by atoms with Gasteiger partial charge in [-0.1, -0.05) is 12.1 Å². The van der Waals surface area contributed by atoms with Crippen LogP contribution < -0.4 is 10.2 Å². The molecule has 21 heavy (non-hydrogen) atoms. The summed E-state index contributed by atoms with van der Waals surface area (Å²) in [5.74, 6) is 0. The van der Waals surface area contributed by atoms with Gasteiger partial charge in [-0.15, -0.1) is 11.3 Å². The Morgan fingerprint density at radius 1 is 1.10 bits per heavy atom. The predicted octanol–water partition coefficient (Wildman–Crippen LogP) is 4.22. The predicted molar refractivity (Wildman–Crippen MR) is 88.9 cm³/mol. The first-order valence-electron chi connectivity index (χ1n) is 7.43. The van der Waals surface area contributed by atoms with Crippen LogP contribution in [0.3, 0.4) is 0 Å². The van der Waals surface area contributed by atoms with E-state index in [-0.39, 0.29) is 0 Å². The molecule has 0 unspecified atom stereocenters. The highest BCUT2D eigenvalue weighted by molar-refractivity contribution is 7.12. The van der Waals surface area contributed by atoms with Crippen LogP contribution in [0.1, 0.15) is 29.0 Å². The van der Waals surface area contributed by atoms with E-state index in [4.69, 9.17) is 5.26 Å². The van der Waals surface area contributed by atoms with Crippen LogP contribution >= 0.6 is 11.3 Å². The Balaban J connectivity index is 1.71. The molecule has 0 atom stereocenters. The zero-order chi connectivity index (χ0) is 14.5. The Morgan fingerprint density at radius 2 is 1.90 bits per heavy atom. The van der Waals surface area contributed by atoms with Gasteiger partial charge in [-0.2, -0.15) is 5.26 Å². The standard InChI is InChI=1S/C17H19N3S/c18-12-14-8-9-15(21-14)13-19-16-6-2-3-7-17(16)20-10-4-1-5-11-20/h2-3,6-9,19H,1,4-5,10-11,13H2. The van der Waals surface area contributed by atoms with E-state index in [2.05, 4.69) is 40.6 Å². The number of nitrogens with one attached hydrogen (secondary N) is 1. The van der Waals surface area contributed by atoms with Crippen LogP contribution in [0.4, 0.5) is 11.4 Å². The Morgan fingerprint density at radius 3 is 2.67 bits per heavy atom. The van der Waals surface area contributed by atoms with Crippen molar-refractivity contribution < 1.29 is 0 Å². The minimum absolute atomic E-state index is 0.774. The molecule has 4 heteroatoms. The van der Waals surface area contributed by atoms with E-state index in [1.54, 1.807) is 11.3 Å². The van der Waals surface area contributed by atoms with Crippen LogP contribution in [0, 0.1) is 11.3 Å². The molecule has 1 fully saturated rings. The molecular formula is C17H19N3S. The molecule has 1 aliphatic heterocycles. The second-order valence-electron chi connectivity index (χ2n) is 5.30. The lowest BCUT2D eigenvalue weighted by molar-refractivity contribution is 0.578. The number of rotatable bonds is 4. The summed E-state index contributed by atoms with van der Waals surface area (Å²) in [5.41, 5.74) is 2.49. The molecule has 0 saturated carbocycles. The van der Waals surface area contributed by atoms with Gasteiger partial charge in [0.25, 0.3) is 0 Å². The molecule has 0 radical (unpaired) electrons. The van der Waals surface area contributed by atoms with Crippen LogP contribution in [0.2, 0.25) is 0 Å². The van der Waals surface area contributed by atoms with E-state index in [0.29, 0.717) is 0 Å². The van der Waals surface area contributed by atoms with E-state index in [9.17, 15) is 0 Å². The highest BCUT2D eigenvalue weighted by atomic mass is 32.1. The van der Waals surface area contributed by atoms with E-state index in [1.807, 2.05) is 12.1 Å². The minimum atomic E-state index is 0.774. The summed E-state index contributed by atoms with van der Waals surface area (Å²) in [6.45, 7) is 3.07.